The Morgan fingerprint density at radius 2 is 1.85 bits per heavy atom. The molecule has 0 aliphatic heterocycles. The Bertz CT molecular complexity index is 700. The van der Waals surface area contributed by atoms with Gasteiger partial charge in [-0.3, -0.25) is 10.1 Å². The maximum Gasteiger partial charge on any atom is 0.416 e. The smallest absolute Gasteiger partial charge is 0.416 e. The van der Waals surface area contributed by atoms with Crippen LogP contribution in [-0.4, -0.2) is 30.6 Å². The molecule has 3 amide bonds. The minimum absolute atomic E-state index is 0.0114. The average Bonchev–Trinajstić information content (AvgIpc) is 3.04. The second kappa shape index (κ2) is 8.07. The highest BCUT2D eigenvalue weighted by atomic mass is 19.4. The summed E-state index contributed by atoms with van der Waals surface area (Å²) in [6, 6.07) is 1.48. The van der Waals surface area contributed by atoms with Crippen molar-refractivity contribution in [2.24, 2.45) is 0 Å². The maximum atomic E-state index is 12.6. The van der Waals surface area contributed by atoms with E-state index in [1.807, 2.05) is 5.32 Å². The highest BCUT2D eigenvalue weighted by Gasteiger charge is 2.31. The molecule has 0 unspecified atom stereocenters. The van der Waals surface area contributed by atoms with E-state index in [1.54, 1.807) is 0 Å². The van der Waals surface area contributed by atoms with Gasteiger partial charge in [0.15, 0.2) is 6.61 Å². The number of hydrogen-bond acceptors (Lipinski definition) is 5. The molecule has 0 spiro atoms. The fraction of sp³-hybridized carbons (Fsp3) is 0.438. The molecule has 0 saturated heterocycles. The van der Waals surface area contributed by atoms with Crippen molar-refractivity contribution < 1.29 is 32.3 Å². The summed E-state index contributed by atoms with van der Waals surface area (Å²) in [4.78, 5) is 35.0. The number of halogens is 3. The highest BCUT2D eigenvalue weighted by molar-refractivity contribution is 5.98. The van der Waals surface area contributed by atoms with Crippen LogP contribution in [0.1, 0.15) is 41.6 Å². The van der Waals surface area contributed by atoms with Gasteiger partial charge in [0.1, 0.15) is 0 Å². The zero-order valence-corrected chi connectivity index (χ0v) is 13.7. The molecule has 4 N–H and O–H groups in total. The lowest BCUT2D eigenvalue weighted by Gasteiger charge is -2.13. The predicted octanol–water partition coefficient (Wildman–Crippen LogP) is 2.21. The lowest BCUT2D eigenvalue weighted by Crippen LogP contribution is -2.45. The summed E-state index contributed by atoms with van der Waals surface area (Å²) in [7, 11) is 0. The second-order valence-electron chi connectivity index (χ2n) is 5.88. The van der Waals surface area contributed by atoms with E-state index in [1.165, 1.54) is 0 Å². The van der Waals surface area contributed by atoms with E-state index in [0.29, 0.717) is 12.1 Å². The van der Waals surface area contributed by atoms with Crippen molar-refractivity contribution in [2.75, 3.05) is 12.3 Å². The molecular weight excluding hydrogens is 355 g/mol. The fourth-order valence-corrected chi connectivity index (χ4v) is 2.59. The number of carbonyl (C=O) groups excluding carboxylic acids is 3. The van der Waals surface area contributed by atoms with Crippen molar-refractivity contribution >= 4 is 23.6 Å². The van der Waals surface area contributed by atoms with E-state index in [-0.39, 0.29) is 11.6 Å². The van der Waals surface area contributed by atoms with Crippen LogP contribution in [0.15, 0.2) is 18.2 Å². The summed E-state index contributed by atoms with van der Waals surface area (Å²) in [6.45, 7) is -0.766. The fourth-order valence-electron chi connectivity index (χ4n) is 2.59. The third-order valence-corrected chi connectivity index (χ3v) is 3.88. The van der Waals surface area contributed by atoms with Crippen molar-refractivity contribution in [2.45, 2.75) is 37.9 Å². The third-order valence-electron chi connectivity index (χ3n) is 3.88. The topological polar surface area (TPSA) is 111 Å². The number of alkyl halides is 3. The number of carbonyl (C=O) groups is 3. The quantitative estimate of drug-likeness (QED) is 0.554. The first-order chi connectivity index (χ1) is 12.2. The zero-order valence-electron chi connectivity index (χ0n) is 13.7. The number of nitrogens with two attached hydrogens (primary N) is 1. The van der Waals surface area contributed by atoms with Crippen LogP contribution in [0.2, 0.25) is 0 Å². The minimum Gasteiger partial charge on any atom is -0.452 e. The molecule has 1 aliphatic carbocycles. The van der Waals surface area contributed by atoms with Gasteiger partial charge in [-0.05, 0) is 31.0 Å². The molecule has 0 radical (unpaired) electrons. The number of esters is 1. The van der Waals surface area contributed by atoms with Crippen molar-refractivity contribution in [3.63, 3.8) is 0 Å². The van der Waals surface area contributed by atoms with E-state index < -0.39 is 41.9 Å². The van der Waals surface area contributed by atoms with Gasteiger partial charge < -0.3 is 15.8 Å². The number of imide groups is 1. The van der Waals surface area contributed by atoms with Crippen LogP contribution in [-0.2, 0) is 15.7 Å². The van der Waals surface area contributed by atoms with Crippen molar-refractivity contribution in [3.05, 3.63) is 29.3 Å². The molecule has 142 valence electrons. The Balaban J connectivity index is 1.84. The number of anilines is 1. The standard InChI is InChI=1S/C16H18F3N3O4/c17-16(18,19)9-5-6-11(12(20)7-9)14(24)26-8-13(23)22-15(25)21-10-3-1-2-4-10/h5-7,10H,1-4,8,20H2,(H2,21,22,23,25). The molecule has 1 fully saturated rings. The van der Waals surface area contributed by atoms with E-state index >= 15 is 0 Å². The summed E-state index contributed by atoms with van der Waals surface area (Å²) in [6.07, 6.45) is -0.910. The monoisotopic (exact) mass is 373 g/mol. The predicted molar refractivity (Wildman–Crippen MR) is 85.1 cm³/mol. The number of amides is 3. The molecular formula is C16H18F3N3O4. The molecule has 0 atom stereocenters. The molecule has 26 heavy (non-hydrogen) atoms. The van der Waals surface area contributed by atoms with Gasteiger partial charge in [-0.1, -0.05) is 12.8 Å². The molecule has 1 aliphatic rings. The summed E-state index contributed by atoms with van der Waals surface area (Å²) in [5, 5.41) is 4.63. The van der Waals surface area contributed by atoms with Crippen LogP contribution in [0.4, 0.5) is 23.7 Å². The Labute approximate surface area is 147 Å². The summed E-state index contributed by atoms with van der Waals surface area (Å²) >= 11 is 0. The third kappa shape index (κ3) is 5.36. The highest BCUT2D eigenvalue weighted by Crippen LogP contribution is 2.31. The normalized spacial score (nSPS) is 14.7. The van der Waals surface area contributed by atoms with Crippen molar-refractivity contribution in [1.29, 1.82) is 0 Å². The molecule has 0 bridgehead atoms. The largest absolute Gasteiger partial charge is 0.452 e. The summed E-state index contributed by atoms with van der Waals surface area (Å²) in [5.74, 6) is -1.93. The number of hydrogen-bond donors (Lipinski definition) is 3. The number of nitrogens with one attached hydrogen (secondary N) is 2. The van der Waals surface area contributed by atoms with Crippen LogP contribution in [0.25, 0.3) is 0 Å². The molecule has 0 aromatic heterocycles. The number of nitrogen functional groups attached to an aromatic ring is 1. The molecule has 1 saturated carbocycles. The van der Waals surface area contributed by atoms with E-state index in [9.17, 15) is 27.6 Å². The molecule has 10 heteroatoms. The Kier molecular flexibility index (Phi) is 6.06. The number of ether oxygens (including phenoxy) is 1. The van der Waals surface area contributed by atoms with Gasteiger partial charge in [0.2, 0.25) is 0 Å². The molecule has 2 rings (SSSR count). The van der Waals surface area contributed by atoms with Gasteiger partial charge in [0.25, 0.3) is 5.91 Å². The van der Waals surface area contributed by atoms with Gasteiger partial charge in [-0.25, -0.2) is 9.59 Å². The second-order valence-corrected chi connectivity index (χ2v) is 5.88. The van der Waals surface area contributed by atoms with E-state index in [4.69, 9.17) is 5.73 Å². The van der Waals surface area contributed by atoms with E-state index in [2.05, 4.69) is 10.1 Å². The first-order valence-electron chi connectivity index (χ1n) is 7.91. The summed E-state index contributed by atoms with van der Waals surface area (Å²) < 4.78 is 42.4. The zero-order chi connectivity index (χ0) is 19.3. The van der Waals surface area contributed by atoms with Crippen LogP contribution in [0.5, 0.6) is 0 Å². The van der Waals surface area contributed by atoms with Crippen molar-refractivity contribution in [1.82, 2.24) is 10.6 Å². The molecule has 7 nitrogen and oxygen atoms in total. The van der Waals surface area contributed by atoms with Crippen LogP contribution in [0.3, 0.4) is 0 Å². The molecule has 0 heterocycles. The Morgan fingerprint density at radius 3 is 2.42 bits per heavy atom. The minimum atomic E-state index is -4.59. The van der Waals surface area contributed by atoms with Crippen LogP contribution >= 0.6 is 0 Å². The van der Waals surface area contributed by atoms with Gasteiger partial charge >= 0.3 is 18.2 Å². The summed E-state index contributed by atoms with van der Waals surface area (Å²) in [5.41, 5.74) is 3.69. The first-order valence-corrected chi connectivity index (χ1v) is 7.91. The number of benzene rings is 1. The average molecular weight is 373 g/mol. The number of rotatable bonds is 4. The number of urea groups is 1. The molecule has 1 aromatic carbocycles. The van der Waals surface area contributed by atoms with Gasteiger partial charge in [-0.2, -0.15) is 13.2 Å². The van der Waals surface area contributed by atoms with Gasteiger partial charge in [0, 0.05) is 11.7 Å². The van der Waals surface area contributed by atoms with E-state index in [0.717, 1.165) is 31.7 Å². The van der Waals surface area contributed by atoms with Crippen LogP contribution in [0, 0.1) is 0 Å². The lowest BCUT2D eigenvalue weighted by atomic mass is 10.1. The maximum absolute atomic E-state index is 12.6. The lowest BCUT2D eigenvalue weighted by molar-refractivity contribution is -0.137. The van der Waals surface area contributed by atoms with Gasteiger partial charge in [0.05, 0.1) is 11.1 Å². The molecule has 1 aromatic rings. The van der Waals surface area contributed by atoms with Crippen LogP contribution < -0.4 is 16.4 Å². The van der Waals surface area contributed by atoms with Gasteiger partial charge in [-0.15, -0.1) is 0 Å². The Morgan fingerprint density at radius 1 is 1.19 bits per heavy atom. The van der Waals surface area contributed by atoms with Crippen molar-refractivity contribution in [3.8, 4) is 0 Å². The SMILES string of the molecule is Nc1cc(C(F)(F)F)ccc1C(=O)OCC(=O)NC(=O)NC1CCCC1. The Hall–Kier alpha value is -2.78. The first kappa shape index (κ1) is 19.5.